The average molecular weight is 323 g/mol. The minimum atomic E-state index is -3.47. The summed E-state index contributed by atoms with van der Waals surface area (Å²) >= 11 is 1.62. The Balaban J connectivity index is 2.16. The van der Waals surface area contributed by atoms with Gasteiger partial charge in [-0.25, -0.2) is 13.1 Å². The van der Waals surface area contributed by atoms with Crippen LogP contribution in [0.3, 0.4) is 0 Å². The van der Waals surface area contributed by atoms with Gasteiger partial charge in [-0.05, 0) is 59.5 Å². The van der Waals surface area contributed by atoms with Gasteiger partial charge in [-0.15, -0.1) is 0 Å². The zero-order valence-corrected chi connectivity index (χ0v) is 14.4. The van der Waals surface area contributed by atoms with Crippen molar-refractivity contribution in [3.8, 4) is 0 Å². The number of nitrogens with one attached hydrogen (secondary N) is 1. The fraction of sp³-hybridized carbons (Fsp3) is 0.375. The molecule has 1 aromatic heterocycles. The summed E-state index contributed by atoms with van der Waals surface area (Å²) in [5.41, 5.74) is 2.99. The first-order valence-corrected chi connectivity index (χ1v) is 9.24. The lowest BCUT2D eigenvalue weighted by Crippen LogP contribution is -2.36. The lowest BCUT2D eigenvalue weighted by Gasteiger charge is -2.24. The second kappa shape index (κ2) is 5.91. The van der Waals surface area contributed by atoms with E-state index in [1.54, 1.807) is 23.5 Å². The summed E-state index contributed by atoms with van der Waals surface area (Å²) in [6.07, 6.45) is 0. The van der Waals surface area contributed by atoms with Crippen LogP contribution in [0.2, 0.25) is 0 Å². The van der Waals surface area contributed by atoms with Crippen molar-refractivity contribution in [2.75, 3.05) is 6.54 Å². The predicted molar refractivity (Wildman–Crippen MR) is 88.4 cm³/mol. The molecule has 114 valence electrons. The highest BCUT2D eigenvalue weighted by Gasteiger charge is 2.24. The molecule has 3 nitrogen and oxygen atoms in total. The maximum atomic E-state index is 12.4. The van der Waals surface area contributed by atoms with Gasteiger partial charge in [-0.1, -0.05) is 19.9 Å². The van der Waals surface area contributed by atoms with Crippen LogP contribution in [0.4, 0.5) is 0 Å². The third-order valence-corrected chi connectivity index (χ3v) is 5.88. The van der Waals surface area contributed by atoms with E-state index in [2.05, 4.69) is 10.1 Å². The Morgan fingerprint density at radius 1 is 1.14 bits per heavy atom. The van der Waals surface area contributed by atoms with Crippen LogP contribution >= 0.6 is 11.3 Å². The molecule has 2 aromatic rings. The van der Waals surface area contributed by atoms with Crippen LogP contribution in [-0.4, -0.2) is 15.0 Å². The molecular formula is C16H21NO2S2. The molecular weight excluding hydrogens is 302 g/mol. The number of rotatable bonds is 5. The topological polar surface area (TPSA) is 46.2 Å². The Labute approximate surface area is 131 Å². The van der Waals surface area contributed by atoms with Crippen molar-refractivity contribution in [2.24, 2.45) is 0 Å². The van der Waals surface area contributed by atoms with Crippen molar-refractivity contribution >= 4 is 21.4 Å². The van der Waals surface area contributed by atoms with Gasteiger partial charge in [0.05, 0.1) is 4.90 Å². The molecule has 0 unspecified atom stereocenters. The van der Waals surface area contributed by atoms with Crippen LogP contribution in [0.5, 0.6) is 0 Å². The number of hydrogen-bond donors (Lipinski definition) is 1. The predicted octanol–water partition coefficient (Wildman–Crippen LogP) is 3.62. The molecule has 0 saturated carbocycles. The maximum Gasteiger partial charge on any atom is 0.240 e. The smallest absolute Gasteiger partial charge is 0.210 e. The van der Waals surface area contributed by atoms with Crippen molar-refractivity contribution in [1.82, 2.24) is 4.72 Å². The molecule has 0 fully saturated rings. The summed E-state index contributed by atoms with van der Waals surface area (Å²) in [6, 6.07) is 7.25. The minimum absolute atomic E-state index is 0.229. The Morgan fingerprint density at radius 3 is 2.43 bits per heavy atom. The fourth-order valence-electron chi connectivity index (χ4n) is 1.99. The van der Waals surface area contributed by atoms with Gasteiger partial charge in [-0.3, -0.25) is 0 Å². The zero-order valence-electron chi connectivity index (χ0n) is 12.8. The first kappa shape index (κ1) is 16.2. The second-order valence-corrected chi connectivity index (χ2v) is 8.51. The molecule has 0 aliphatic rings. The Morgan fingerprint density at radius 2 is 1.86 bits per heavy atom. The van der Waals surface area contributed by atoms with E-state index in [1.807, 2.05) is 45.2 Å². The summed E-state index contributed by atoms with van der Waals surface area (Å²) in [7, 11) is -3.47. The zero-order chi connectivity index (χ0) is 15.7. The summed E-state index contributed by atoms with van der Waals surface area (Å²) in [6.45, 7) is 8.34. The third-order valence-electron chi connectivity index (χ3n) is 3.80. The fourth-order valence-corrected chi connectivity index (χ4v) is 4.14. The lowest BCUT2D eigenvalue weighted by molar-refractivity contribution is 0.503. The van der Waals surface area contributed by atoms with Crippen molar-refractivity contribution in [3.05, 3.63) is 51.7 Å². The van der Waals surface area contributed by atoms with Crippen molar-refractivity contribution < 1.29 is 8.42 Å². The van der Waals surface area contributed by atoms with E-state index >= 15 is 0 Å². The van der Waals surface area contributed by atoms with E-state index in [9.17, 15) is 8.42 Å². The highest BCUT2D eigenvalue weighted by molar-refractivity contribution is 7.89. The van der Waals surface area contributed by atoms with Crippen molar-refractivity contribution in [3.63, 3.8) is 0 Å². The molecule has 1 aromatic carbocycles. The number of sulfonamides is 1. The van der Waals surface area contributed by atoms with Gasteiger partial charge in [0, 0.05) is 12.0 Å². The maximum absolute atomic E-state index is 12.4. The van der Waals surface area contributed by atoms with Crippen LogP contribution in [0, 0.1) is 13.8 Å². The van der Waals surface area contributed by atoms with E-state index in [-0.39, 0.29) is 5.41 Å². The molecule has 0 bridgehead atoms. The molecule has 0 radical (unpaired) electrons. The highest BCUT2D eigenvalue weighted by atomic mass is 32.2. The molecule has 5 heteroatoms. The normalized spacial score (nSPS) is 12.6. The molecule has 0 amide bonds. The van der Waals surface area contributed by atoms with Crippen LogP contribution in [0.1, 0.15) is 30.5 Å². The van der Waals surface area contributed by atoms with Gasteiger partial charge in [-0.2, -0.15) is 11.3 Å². The van der Waals surface area contributed by atoms with E-state index in [0.29, 0.717) is 11.4 Å². The van der Waals surface area contributed by atoms with Crippen molar-refractivity contribution in [2.45, 2.75) is 38.0 Å². The highest BCUT2D eigenvalue weighted by Crippen LogP contribution is 2.25. The van der Waals surface area contributed by atoms with E-state index in [0.717, 1.165) is 16.7 Å². The van der Waals surface area contributed by atoms with E-state index < -0.39 is 10.0 Å². The number of aryl methyl sites for hydroxylation is 2. The van der Waals surface area contributed by atoms with Crippen LogP contribution in [0.15, 0.2) is 39.9 Å². The molecule has 0 aliphatic heterocycles. The number of benzene rings is 1. The van der Waals surface area contributed by atoms with Crippen LogP contribution < -0.4 is 4.72 Å². The number of thiophene rings is 1. The lowest BCUT2D eigenvalue weighted by atomic mass is 9.87. The largest absolute Gasteiger partial charge is 0.240 e. The molecule has 21 heavy (non-hydrogen) atoms. The second-order valence-electron chi connectivity index (χ2n) is 5.97. The summed E-state index contributed by atoms with van der Waals surface area (Å²) < 4.78 is 27.5. The van der Waals surface area contributed by atoms with Crippen molar-refractivity contribution in [1.29, 1.82) is 0 Å². The van der Waals surface area contributed by atoms with Gasteiger partial charge < -0.3 is 0 Å². The van der Waals surface area contributed by atoms with Gasteiger partial charge in [0.15, 0.2) is 0 Å². The standard InChI is InChI=1S/C16H21NO2S2/c1-12-5-6-15(9-13(12)2)21(18,19)17-11-16(3,4)14-7-8-20-10-14/h5-10,17H,11H2,1-4H3. The van der Waals surface area contributed by atoms with Crippen LogP contribution in [0.25, 0.3) is 0 Å². The molecule has 2 rings (SSSR count). The average Bonchev–Trinajstić information content (AvgIpc) is 2.94. The van der Waals surface area contributed by atoms with Gasteiger partial charge >= 0.3 is 0 Å². The summed E-state index contributed by atoms with van der Waals surface area (Å²) in [5.74, 6) is 0. The first-order chi connectivity index (χ1) is 9.72. The SMILES string of the molecule is Cc1ccc(S(=O)(=O)NCC(C)(C)c2ccsc2)cc1C. The minimum Gasteiger partial charge on any atom is -0.210 e. The Kier molecular flexibility index (Phi) is 4.56. The molecule has 0 saturated heterocycles. The molecule has 1 N–H and O–H groups in total. The molecule has 1 heterocycles. The first-order valence-electron chi connectivity index (χ1n) is 6.82. The summed E-state index contributed by atoms with van der Waals surface area (Å²) in [4.78, 5) is 0.326. The molecule has 0 atom stereocenters. The third kappa shape index (κ3) is 3.73. The van der Waals surface area contributed by atoms with Crippen LogP contribution in [-0.2, 0) is 15.4 Å². The summed E-state index contributed by atoms with van der Waals surface area (Å²) in [5, 5.41) is 4.07. The number of hydrogen-bond acceptors (Lipinski definition) is 3. The van der Waals surface area contributed by atoms with Gasteiger partial charge in [0.2, 0.25) is 10.0 Å². The van der Waals surface area contributed by atoms with E-state index in [1.165, 1.54) is 0 Å². The Bertz CT molecular complexity index is 717. The molecule has 0 aliphatic carbocycles. The monoisotopic (exact) mass is 323 g/mol. The Hall–Kier alpha value is -1.17. The van der Waals surface area contributed by atoms with Gasteiger partial charge in [0.1, 0.15) is 0 Å². The quantitative estimate of drug-likeness (QED) is 0.913. The van der Waals surface area contributed by atoms with E-state index in [4.69, 9.17) is 0 Å². The van der Waals surface area contributed by atoms with Gasteiger partial charge in [0.25, 0.3) is 0 Å². The molecule has 0 spiro atoms.